The average molecular weight is 695 g/mol. The summed E-state index contributed by atoms with van der Waals surface area (Å²) in [4.78, 5) is 23.5. The fraction of sp³-hybridized carbons (Fsp3) is 0. The topological polar surface area (TPSA) is 76.2 Å². The van der Waals surface area contributed by atoms with Gasteiger partial charge in [-0.1, -0.05) is 115 Å². The molecule has 0 bridgehead atoms. The number of aromatic nitrogens is 7. The van der Waals surface area contributed by atoms with Gasteiger partial charge < -0.3 is 0 Å². The number of H-pyrrole nitrogens is 1. The molecule has 0 aliphatic carbocycles. The Hall–Kier alpha value is -7.51. The lowest BCUT2D eigenvalue weighted by Crippen LogP contribution is -2.31. The Morgan fingerprint density at radius 2 is 0.907 bits per heavy atom. The Balaban J connectivity index is 1.05. The molecule has 10 aromatic rings. The fourth-order valence-corrected chi connectivity index (χ4v) is 7.08. The van der Waals surface area contributed by atoms with Crippen LogP contribution in [-0.2, 0) is 0 Å². The quantitative estimate of drug-likeness (QED) is 0.169. The van der Waals surface area contributed by atoms with Crippen LogP contribution in [0.5, 0.6) is 0 Å². The second-order valence-electron chi connectivity index (χ2n) is 13.1. The molecule has 3 aromatic heterocycles. The predicted octanol–water partition coefficient (Wildman–Crippen LogP) is 10.3. The van der Waals surface area contributed by atoms with Crippen molar-refractivity contribution >= 4 is 22.1 Å². The van der Waals surface area contributed by atoms with Crippen molar-refractivity contribution in [1.29, 1.82) is 0 Å². The highest BCUT2D eigenvalue weighted by Crippen LogP contribution is 2.32. The molecular weight excluding hydrogens is 663 g/mol. The first kappa shape index (κ1) is 31.2. The third kappa shape index (κ3) is 5.61. The highest BCUT2D eigenvalue weighted by atomic mass is 15.1. The van der Waals surface area contributed by atoms with Crippen LogP contribution in [0.1, 0.15) is 0 Å². The maximum Gasteiger partial charge on any atom is 0.292 e. The molecule has 3 heterocycles. The molecule has 254 valence electrons. The summed E-state index contributed by atoms with van der Waals surface area (Å²) in [5.74, 6) is 3.77. The lowest BCUT2D eigenvalue weighted by Gasteiger charge is -2.12. The van der Waals surface area contributed by atoms with E-state index in [4.69, 9.17) is 19.9 Å². The van der Waals surface area contributed by atoms with E-state index in [1.54, 1.807) is 0 Å². The standard InChI is InChI=1S/C47H31N7/c1-4-14-32(15-5-1)43-50-44(33-16-6-2-7-17-33)52-45(51-43)34-28-30-38(31-29-34)54-42-23-13-11-21-40(42)49-47(54)36-26-24-35(25-27-36)46-48-39-20-10-12-22-41(39)53(46)37-18-8-3-9-19-37/h1-31H/p+1. The zero-order valence-electron chi connectivity index (χ0n) is 29.1. The van der Waals surface area contributed by atoms with Crippen LogP contribution in [0.4, 0.5) is 0 Å². The lowest BCUT2D eigenvalue weighted by molar-refractivity contribution is -0.554. The largest absolute Gasteiger partial charge is 0.292 e. The van der Waals surface area contributed by atoms with Gasteiger partial charge in [0.1, 0.15) is 11.5 Å². The van der Waals surface area contributed by atoms with Crippen LogP contribution in [0.25, 0.3) is 90.4 Å². The molecule has 7 nitrogen and oxygen atoms in total. The minimum Gasteiger partial charge on any atom is -0.292 e. The molecule has 54 heavy (non-hydrogen) atoms. The van der Waals surface area contributed by atoms with Crippen molar-refractivity contribution in [3.63, 3.8) is 0 Å². The molecule has 1 N–H and O–H groups in total. The maximum atomic E-state index is 5.15. The summed E-state index contributed by atoms with van der Waals surface area (Å²) in [5, 5.41) is 0. The Morgan fingerprint density at radius 3 is 1.56 bits per heavy atom. The fourth-order valence-electron chi connectivity index (χ4n) is 7.08. The maximum absolute atomic E-state index is 5.15. The molecule has 0 fully saturated rings. The third-order valence-electron chi connectivity index (χ3n) is 9.70. The van der Waals surface area contributed by atoms with Crippen LogP contribution in [0.3, 0.4) is 0 Å². The van der Waals surface area contributed by atoms with Gasteiger partial charge in [-0.25, -0.2) is 24.9 Å². The van der Waals surface area contributed by atoms with E-state index in [0.717, 1.165) is 72.9 Å². The molecule has 0 atom stereocenters. The minimum absolute atomic E-state index is 0.616. The molecule has 0 aliphatic rings. The summed E-state index contributed by atoms with van der Waals surface area (Å²) in [5.41, 5.74) is 11.1. The molecular formula is C47H32N7+. The number of fused-ring (bicyclic) bond motifs is 2. The van der Waals surface area contributed by atoms with Crippen molar-refractivity contribution in [2.24, 2.45) is 0 Å². The number of nitrogens with zero attached hydrogens (tertiary/aromatic N) is 6. The van der Waals surface area contributed by atoms with Gasteiger partial charge in [-0.3, -0.25) is 4.57 Å². The van der Waals surface area contributed by atoms with Gasteiger partial charge in [0.05, 0.1) is 16.6 Å². The summed E-state index contributed by atoms with van der Waals surface area (Å²) in [6.07, 6.45) is 0. The smallest absolute Gasteiger partial charge is 0.292 e. The number of para-hydroxylation sites is 5. The van der Waals surface area contributed by atoms with E-state index in [2.05, 4.69) is 129 Å². The number of benzene rings is 7. The van der Waals surface area contributed by atoms with Crippen LogP contribution in [0, 0.1) is 0 Å². The zero-order valence-corrected chi connectivity index (χ0v) is 29.1. The van der Waals surface area contributed by atoms with Crippen LogP contribution >= 0.6 is 0 Å². The van der Waals surface area contributed by atoms with E-state index in [1.165, 1.54) is 0 Å². The molecule has 0 saturated carbocycles. The van der Waals surface area contributed by atoms with E-state index in [1.807, 2.05) is 72.8 Å². The third-order valence-corrected chi connectivity index (χ3v) is 9.70. The SMILES string of the molecule is c1ccc(-c2nc(-c3ccccc3)nc(-c3ccc(-n4c(-c5ccc(-c6[nH]c7ccccc7[n+]6-c6ccccc6)cc5)nc5ccccc54)cc3)n2)cc1. The number of hydrogen-bond acceptors (Lipinski definition) is 4. The van der Waals surface area contributed by atoms with E-state index in [-0.39, 0.29) is 0 Å². The molecule has 7 aromatic carbocycles. The van der Waals surface area contributed by atoms with E-state index >= 15 is 0 Å². The van der Waals surface area contributed by atoms with Gasteiger partial charge in [0, 0.05) is 27.9 Å². The van der Waals surface area contributed by atoms with Crippen LogP contribution in [-0.4, -0.2) is 29.5 Å². The molecule has 0 amide bonds. The first-order valence-electron chi connectivity index (χ1n) is 17.9. The molecule has 0 radical (unpaired) electrons. The predicted molar refractivity (Wildman–Crippen MR) is 215 cm³/mol. The first-order valence-corrected chi connectivity index (χ1v) is 17.9. The van der Waals surface area contributed by atoms with Crippen molar-refractivity contribution in [2.75, 3.05) is 0 Å². The van der Waals surface area contributed by atoms with E-state index < -0.39 is 0 Å². The average Bonchev–Trinajstić information content (AvgIpc) is 3.84. The molecule has 0 aliphatic heterocycles. The van der Waals surface area contributed by atoms with Crippen molar-refractivity contribution in [2.45, 2.75) is 0 Å². The number of hydrogen-bond donors (Lipinski definition) is 1. The molecule has 7 heteroatoms. The first-order chi connectivity index (χ1) is 26.8. The van der Waals surface area contributed by atoms with Gasteiger partial charge in [-0.15, -0.1) is 0 Å². The summed E-state index contributed by atoms with van der Waals surface area (Å²) in [7, 11) is 0. The molecule has 0 unspecified atom stereocenters. The summed E-state index contributed by atoms with van der Waals surface area (Å²) < 4.78 is 4.50. The minimum atomic E-state index is 0.616. The number of aromatic amines is 1. The molecule has 0 saturated heterocycles. The van der Waals surface area contributed by atoms with Gasteiger partial charge in [0.2, 0.25) is 0 Å². The van der Waals surface area contributed by atoms with Crippen molar-refractivity contribution in [3.8, 4) is 68.3 Å². The Kier molecular flexibility index (Phi) is 7.66. The second kappa shape index (κ2) is 13.2. The Morgan fingerprint density at radius 1 is 0.407 bits per heavy atom. The normalized spacial score (nSPS) is 11.3. The van der Waals surface area contributed by atoms with Gasteiger partial charge in [-0.2, -0.15) is 4.57 Å². The zero-order chi connectivity index (χ0) is 35.8. The summed E-state index contributed by atoms with van der Waals surface area (Å²) in [6, 6.07) is 64.2. The van der Waals surface area contributed by atoms with Crippen LogP contribution in [0.2, 0.25) is 0 Å². The number of rotatable bonds is 7. The van der Waals surface area contributed by atoms with Gasteiger partial charge in [0.15, 0.2) is 28.5 Å². The molecule has 0 spiro atoms. The molecule has 10 rings (SSSR count). The summed E-state index contributed by atoms with van der Waals surface area (Å²) >= 11 is 0. The number of nitrogens with one attached hydrogen (secondary N) is 1. The lowest BCUT2D eigenvalue weighted by atomic mass is 10.1. The van der Waals surface area contributed by atoms with Crippen LogP contribution in [0.15, 0.2) is 188 Å². The van der Waals surface area contributed by atoms with Gasteiger partial charge in [0.25, 0.3) is 5.82 Å². The Bertz CT molecular complexity index is 2840. The van der Waals surface area contributed by atoms with Crippen molar-refractivity contribution < 1.29 is 4.57 Å². The Labute approximate surface area is 311 Å². The van der Waals surface area contributed by atoms with Crippen molar-refractivity contribution in [3.05, 3.63) is 188 Å². The van der Waals surface area contributed by atoms with E-state index in [9.17, 15) is 0 Å². The van der Waals surface area contributed by atoms with Gasteiger partial charge in [-0.05, 0) is 72.8 Å². The van der Waals surface area contributed by atoms with Crippen molar-refractivity contribution in [1.82, 2.24) is 29.5 Å². The highest BCUT2D eigenvalue weighted by Gasteiger charge is 2.23. The van der Waals surface area contributed by atoms with Crippen LogP contribution < -0.4 is 4.57 Å². The monoisotopic (exact) mass is 694 g/mol. The van der Waals surface area contributed by atoms with Gasteiger partial charge >= 0.3 is 0 Å². The van der Waals surface area contributed by atoms with E-state index in [0.29, 0.717) is 17.5 Å². The second-order valence-corrected chi connectivity index (χ2v) is 13.1. The highest BCUT2D eigenvalue weighted by molar-refractivity contribution is 5.84. The summed E-state index contributed by atoms with van der Waals surface area (Å²) in [6.45, 7) is 0. The number of imidazole rings is 2.